The van der Waals surface area contributed by atoms with Crippen LogP contribution in [0.3, 0.4) is 0 Å². The molecule has 5 rings (SSSR count). The summed E-state index contributed by atoms with van der Waals surface area (Å²) in [7, 11) is -2.08. The molecule has 0 spiro atoms. The number of carbonyl (C=O) groups is 1. The molecule has 1 fully saturated rings. The molecular formula is C29H32ClN7O4S. The van der Waals surface area contributed by atoms with Crippen molar-refractivity contribution in [1.29, 1.82) is 0 Å². The van der Waals surface area contributed by atoms with Crippen molar-refractivity contribution in [2.45, 2.75) is 38.6 Å². The number of nitrogens with one attached hydrogen (secondary N) is 2. The molecule has 0 aliphatic carbocycles. The molecule has 4 aromatic rings. The number of hydrogen-bond acceptors (Lipinski definition) is 9. The Labute approximate surface area is 249 Å². The van der Waals surface area contributed by atoms with Gasteiger partial charge in [0.2, 0.25) is 16.0 Å². The molecule has 42 heavy (non-hydrogen) atoms. The van der Waals surface area contributed by atoms with Gasteiger partial charge in [-0.3, -0.25) is 19.1 Å². The highest BCUT2D eigenvalue weighted by Gasteiger charge is 2.26. The molecule has 220 valence electrons. The number of fused-ring (bicyclic) bond motifs is 1. The van der Waals surface area contributed by atoms with Crippen molar-refractivity contribution in [3.05, 3.63) is 86.7 Å². The van der Waals surface area contributed by atoms with Crippen molar-refractivity contribution in [2.24, 2.45) is 7.05 Å². The normalized spacial score (nSPS) is 16.3. The van der Waals surface area contributed by atoms with Gasteiger partial charge < -0.3 is 10.2 Å². The Morgan fingerprint density at radius 3 is 2.60 bits per heavy atom. The van der Waals surface area contributed by atoms with Gasteiger partial charge in [-0.05, 0) is 68.1 Å². The second-order valence-corrected chi connectivity index (χ2v) is 12.8. The number of piperidine rings is 1. The number of benzene rings is 1. The Kier molecular flexibility index (Phi) is 8.20. The number of aromatic nitrogens is 4. The summed E-state index contributed by atoms with van der Waals surface area (Å²) in [5, 5.41) is 3.78. The molecule has 1 aliphatic heterocycles. The number of halogens is 1. The van der Waals surface area contributed by atoms with E-state index in [-0.39, 0.29) is 22.1 Å². The minimum atomic E-state index is -3.83. The minimum absolute atomic E-state index is 0.0364. The van der Waals surface area contributed by atoms with Crippen molar-refractivity contribution in [2.75, 3.05) is 29.6 Å². The summed E-state index contributed by atoms with van der Waals surface area (Å²) in [4.78, 5) is 41.8. The van der Waals surface area contributed by atoms with Crippen LogP contribution in [0, 0.1) is 6.92 Å². The number of amides is 1. The van der Waals surface area contributed by atoms with E-state index in [9.17, 15) is 18.0 Å². The fourth-order valence-electron chi connectivity index (χ4n) is 5.47. The molecule has 11 nitrogen and oxygen atoms in total. The smallest absolute Gasteiger partial charge is 0.285 e. The quantitative estimate of drug-likeness (QED) is 0.298. The highest BCUT2D eigenvalue weighted by molar-refractivity contribution is 7.89. The summed E-state index contributed by atoms with van der Waals surface area (Å²) in [5.41, 5.74) is 3.34. The Bertz CT molecular complexity index is 1830. The van der Waals surface area contributed by atoms with Crippen LogP contribution in [0.5, 0.6) is 0 Å². The standard InChI is InChI=1S/C29H32ClN7O4S/c1-17-14-21(18(2)32-23-7-8-24(30)33-26(23)27(38)35-42(4,40)41)25-22(15-17)28(39)36(3)29(34-25)37-13-5-6-20(16-37)19-9-11-31-12-10-19/h7-12,14-15,18,20,32H,5-6,13,16H2,1-4H3,(H,35,38)/t18-,20+/m1/s1. The summed E-state index contributed by atoms with van der Waals surface area (Å²) in [6.45, 7) is 5.28. The zero-order chi connectivity index (χ0) is 30.2. The Morgan fingerprint density at radius 2 is 1.88 bits per heavy atom. The van der Waals surface area contributed by atoms with Crippen molar-refractivity contribution in [1.82, 2.24) is 24.2 Å². The van der Waals surface area contributed by atoms with Gasteiger partial charge in [-0.15, -0.1) is 0 Å². The van der Waals surface area contributed by atoms with Gasteiger partial charge in [-0.1, -0.05) is 17.7 Å². The molecule has 1 saturated heterocycles. The van der Waals surface area contributed by atoms with Crippen LogP contribution in [0.15, 0.2) is 53.6 Å². The van der Waals surface area contributed by atoms with Crippen LogP contribution in [0.2, 0.25) is 5.15 Å². The number of aryl methyl sites for hydroxylation is 1. The molecule has 0 bridgehead atoms. The van der Waals surface area contributed by atoms with E-state index in [0.717, 1.165) is 43.3 Å². The minimum Gasteiger partial charge on any atom is -0.377 e. The predicted molar refractivity (Wildman–Crippen MR) is 164 cm³/mol. The van der Waals surface area contributed by atoms with Gasteiger partial charge in [-0.2, -0.15) is 0 Å². The maximum atomic E-state index is 13.7. The number of hydrogen-bond donors (Lipinski definition) is 2. The second-order valence-electron chi connectivity index (χ2n) is 10.7. The Hall–Kier alpha value is -4.03. The van der Waals surface area contributed by atoms with Crippen LogP contribution in [0.25, 0.3) is 10.9 Å². The van der Waals surface area contributed by atoms with Crippen molar-refractivity contribution in [3.8, 4) is 0 Å². The SMILES string of the molecule is Cc1cc([C@@H](C)Nc2ccc(Cl)nc2C(=O)NS(C)(=O)=O)c2nc(N3CCC[C@H](c4ccncc4)C3)n(C)c(=O)c2c1. The summed E-state index contributed by atoms with van der Waals surface area (Å²) in [5.74, 6) is -0.0294. The third-order valence-corrected chi connectivity index (χ3v) is 8.17. The van der Waals surface area contributed by atoms with Gasteiger partial charge in [0, 0.05) is 44.0 Å². The fourth-order valence-corrected chi connectivity index (χ4v) is 6.05. The van der Waals surface area contributed by atoms with Crippen LogP contribution in [0.4, 0.5) is 11.6 Å². The molecule has 2 N–H and O–H groups in total. The molecule has 0 radical (unpaired) electrons. The summed E-state index contributed by atoms with van der Waals surface area (Å²) < 4.78 is 26.9. The van der Waals surface area contributed by atoms with E-state index in [1.54, 1.807) is 30.1 Å². The van der Waals surface area contributed by atoms with Crippen molar-refractivity contribution < 1.29 is 13.2 Å². The van der Waals surface area contributed by atoms with E-state index in [2.05, 4.69) is 20.2 Å². The molecule has 0 saturated carbocycles. The third-order valence-electron chi connectivity index (χ3n) is 7.41. The van der Waals surface area contributed by atoms with E-state index < -0.39 is 22.0 Å². The zero-order valence-electron chi connectivity index (χ0n) is 23.8. The highest BCUT2D eigenvalue weighted by Crippen LogP contribution is 2.32. The molecule has 1 amide bonds. The summed E-state index contributed by atoms with van der Waals surface area (Å²) >= 11 is 6.03. The molecule has 13 heteroatoms. The van der Waals surface area contributed by atoms with Crippen molar-refractivity contribution in [3.63, 3.8) is 0 Å². The third kappa shape index (κ3) is 6.24. The van der Waals surface area contributed by atoms with Gasteiger partial charge in [0.05, 0.1) is 28.9 Å². The van der Waals surface area contributed by atoms with E-state index in [1.165, 1.54) is 11.6 Å². The lowest BCUT2D eigenvalue weighted by Gasteiger charge is -2.34. The van der Waals surface area contributed by atoms with Crippen LogP contribution in [0.1, 0.15) is 58.9 Å². The lowest BCUT2D eigenvalue weighted by molar-refractivity contribution is 0.0977. The molecular weight excluding hydrogens is 578 g/mol. The van der Waals surface area contributed by atoms with Gasteiger partial charge in [0.1, 0.15) is 5.15 Å². The first-order valence-corrected chi connectivity index (χ1v) is 15.8. The molecule has 1 aromatic carbocycles. The zero-order valence-corrected chi connectivity index (χ0v) is 25.3. The van der Waals surface area contributed by atoms with E-state index in [4.69, 9.17) is 16.6 Å². The average molecular weight is 610 g/mol. The Morgan fingerprint density at radius 1 is 1.14 bits per heavy atom. The van der Waals surface area contributed by atoms with Crippen LogP contribution < -0.4 is 20.5 Å². The van der Waals surface area contributed by atoms with Gasteiger partial charge in [0.15, 0.2) is 5.69 Å². The number of nitrogens with zero attached hydrogens (tertiary/aromatic N) is 5. The lowest BCUT2D eigenvalue weighted by Crippen LogP contribution is -2.38. The number of anilines is 2. The fraction of sp³-hybridized carbons (Fsp3) is 0.345. The molecule has 1 aliphatic rings. The Balaban J connectivity index is 1.54. The first-order chi connectivity index (χ1) is 19.9. The van der Waals surface area contributed by atoms with E-state index in [0.29, 0.717) is 22.8 Å². The van der Waals surface area contributed by atoms with E-state index in [1.807, 2.05) is 42.8 Å². The maximum absolute atomic E-state index is 13.7. The van der Waals surface area contributed by atoms with Gasteiger partial charge in [0.25, 0.3) is 11.5 Å². The topological polar surface area (TPSA) is 139 Å². The average Bonchev–Trinajstić information content (AvgIpc) is 2.95. The predicted octanol–water partition coefficient (Wildman–Crippen LogP) is 3.93. The monoisotopic (exact) mass is 609 g/mol. The number of sulfonamides is 1. The van der Waals surface area contributed by atoms with E-state index >= 15 is 0 Å². The largest absolute Gasteiger partial charge is 0.377 e. The van der Waals surface area contributed by atoms with Crippen molar-refractivity contribution >= 4 is 50.1 Å². The number of rotatable bonds is 7. The molecule has 4 heterocycles. The van der Waals surface area contributed by atoms with Gasteiger partial charge in [-0.25, -0.2) is 23.1 Å². The first-order valence-electron chi connectivity index (χ1n) is 13.5. The summed E-state index contributed by atoms with van der Waals surface area (Å²) in [6, 6.07) is 10.5. The first kappa shape index (κ1) is 29.5. The molecule has 0 unspecified atom stereocenters. The van der Waals surface area contributed by atoms with Gasteiger partial charge >= 0.3 is 0 Å². The van der Waals surface area contributed by atoms with Crippen LogP contribution >= 0.6 is 11.6 Å². The van der Waals surface area contributed by atoms with Crippen LogP contribution in [-0.4, -0.2) is 53.2 Å². The van der Waals surface area contributed by atoms with Crippen LogP contribution in [-0.2, 0) is 17.1 Å². The molecule has 2 atom stereocenters. The second kappa shape index (κ2) is 11.7. The maximum Gasteiger partial charge on any atom is 0.285 e. The number of pyridine rings is 2. The highest BCUT2D eigenvalue weighted by atomic mass is 35.5. The lowest BCUT2D eigenvalue weighted by atomic mass is 9.91. The molecule has 3 aromatic heterocycles. The summed E-state index contributed by atoms with van der Waals surface area (Å²) in [6.07, 6.45) is 6.48. The number of carbonyl (C=O) groups excluding carboxylic acids is 1.